The summed E-state index contributed by atoms with van der Waals surface area (Å²) in [6.45, 7) is 0. The van der Waals surface area contributed by atoms with Gasteiger partial charge in [-0.3, -0.25) is 4.79 Å². The first-order valence-corrected chi connectivity index (χ1v) is 7.54. The van der Waals surface area contributed by atoms with E-state index in [2.05, 4.69) is 4.98 Å². The van der Waals surface area contributed by atoms with E-state index in [0.717, 1.165) is 10.9 Å². The van der Waals surface area contributed by atoms with E-state index in [0.29, 0.717) is 21.2 Å². The number of benzene rings is 2. The number of H-pyrrole nitrogens is 1. The van der Waals surface area contributed by atoms with E-state index in [4.69, 9.17) is 23.2 Å². The number of carbonyl (C=O) groups is 1. The fourth-order valence-electron chi connectivity index (χ4n) is 2.35. The molecule has 0 aliphatic rings. The summed E-state index contributed by atoms with van der Waals surface area (Å²) in [5.74, 6) is -0.374. The number of carbonyl (C=O) groups excluding carboxylic acids is 1. The number of ketones is 1. The average Bonchev–Trinajstić information content (AvgIpc) is 2.98. The van der Waals surface area contributed by atoms with Gasteiger partial charge >= 0.3 is 0 Å². The fraction of sp³-hybridized carbons (Fsp3) is 0. The smallest absolute Gasteiger partial charge is 0.205 e. The summed E-state index contributed by atoms with van der Waals surface area (Å²) < 4.78 is 0. The van der Waals surface area contributed by atoms with Crippen LogP contribution in [0.15, 0.2) is 54.2 Å². The Morgan fingerprint density at radius 2 is 1.78 bits per heavy atom. The Morgan fingerprint density at radius 3 is 2.48 bits per heavy atom. The predicted octanol–water partition coefficient (Wildman–Crippen LogP) is 5.26. The van der Waals surface area contributed by atoms with Gasteiger partial charge in [0.1, 0.15) is 11.6 Å². The standard InChI is InChI=1S/C18H10Cl2N2O/c19-15-5-3-6-16(20)13(15)8-11(9-21)18(23)14-10-22-17-7-2-1-4-12(14)17/h1-8,10,22H/b11-8+. The van der Waals surface area contributed by atoms with Crippen molar-refractivity contribution in [3.05, 3.63) is 75.4 Å². The Hall–Kier alpha value is -2.54. The van der Waals surface area contributed by atoms with Gasteiger partial charge in [0.2, 0.25) is 5.78 Å². The minimum Gasteiger partial charge on any atom is -0.360 e. The number of halogens is 2. The lowest BCUT2D eigenvalue weighted by atomic mass is 10.0. The highest BCUT2D eigenvalue weighted by Gasteiger charge is 2.17. The molecule has 3 aromatic rings. The number of para-hydroxylation sites is 1. The molecule has 0 unspecified atom stereocenters. The van der Waals surface area contributed by atoms with Crippen LogP contribution in [0.3, 0.4) is 0 Å². The van der Waals surface area contributed by atoms with Crippen LogP contribution in [0.25, 0.3) is 17.0 Å². The SMILES string of the molecule is N#C/C(=C\c1c(Cl)cccc1Cl)C(=O)c1c[nH]c2ccccc12. The van der Waals surface area contributed by atoms with Gasteiger partial charge < -0.3 is 4.98 Å². The van der Waals surface area contributed by atoms with E-state index in [1.807, 2.05) is 30.3 Å². The molecule has 0 fully saturated rings. The average molecular weight is 341 g/mol. The summed E-state index contributed by atoms with van der Waals surface area (Å²) >= 11 is 12.2. The zero-order chi connectivity index (χ0) is 16.4. The molecule has 5 heteroatoms. The quantitative estimate of drug-likeness (QED) is 0.401. The summed E-state index contributed by atoms with van der Waals surface area (Å²) in [4.78, 5) is 15.7. The van der Waals surface area contributed by atoms with Gasteiger partial charge in [-0.2, -0.15) is 5.26 Å². The van der Waals surface area contributed by atoms with E-state index in [9.17, 15) is 10.1 Å². The number of nitriles is 1. The van der Waals surface area contributed by atoms with Crippen LogP contribution in [0.4, 0.5) is 0 Å². The molecule has 0 aliphatic carbocycles. The summed E-state index contributed by atoms with van der Waals surface area (Å²) in [7, 11) is 0. The third kappa shape index (κ3) is 2.87. The van der Waals surface area contributed by atoms with Gasteiger partial charge in [-0.05, 0) is 24.3 Å². The van der Waals surface area contributed by atoms with E-state index in [1.54, 1.807) is 24.4 Å². The maximum absolute atomic E-state index is 12.7. The second-order valence-corrected chi connectivity index (χ2v) is 5.70. The van der Waals surface area contributed by atoms with Crippen LogP contribution < -0.4 is 0 Å². The highest BCUT2D eigenvalue weighted by Crippen LogP contribution is 2.28. The second kappa shape index (κ2) is 6.29. The normalized spacial score (nSPS) is 11.4. The van der Waals surface area contributed by atoms with Crippen LogP contribution in [0.1, 0.15) is 15.9 Å². The molecule has 0 bridgehead atoms. The molecule has 0 aliphatic heterocycles. The molecule has 112 valence electrons. The lowest BCUT2D eigenvalue weighted by Gasteiger charge is -2.03. The predicted molar refractivity (Wildman–Crippen MR) is 92.7 cm³/mol. The first kappa shape index (κ1) is 15.4. The van der Waals surface area contributed by atoms with Crippen LogP contribution in [-0.4, -0.2) is 10.8 Å². The molecule has 0 saturated heterocycles. The van der Waals surface area contributed by atoms with Crippen molar-refractivity contribution in [2.24, 2.45) is 0 Å². The number of hydrogen-bond acceptors (Lipinski definition) is 2. The molecule has 1 N–H and O–H groups in total. The highest BCUT2D eigenvalue weighted by molar-refractivity contribution is 6.37. The molecule has 0 radical (unpaired) electrons. The van der Waals surface area contributed by atoms with Gasteiger partial charge in [-0.15, -0.1) is 0 Å². The number of aromatic nitrogens is 1. The van der Waals surface area contributed by atoms with E-state index >= 15 is 0 Å². The highest BCUT2D eigenvalue weighted by atomic mass is 35.5. The van der Waals surface area contributed by atoms with Crippen molar-refractivity contribution in [2.75, 3.05) is 0 Å². The second-order valence-electron chi connectivity index (χ2n) is 4.88. The number of aromatic amines is 1. The molecule has 0 atom stereocenters. The minimum atomic E-state index is -0.374. The lowest BCUT2D eigenvalue weighted by Crippen LogP contribution is -2.01. The number of hydrogen-bond donors (Lipinski definition) is 1. The molecular formula is C18H10Cl2N2O. The molecule has 3 nitrogen and oxygen atoms in total. The van der Waals surface area contributed by atoms with Crippen LogP contribution in [-0.2, 0) is 0 Å². The van der Waals surface area contributed by atoms with Crippen molar-refractivity contribution < 1.29 is 4.79 Å². The summed E-state index contributed by atoms with van der Waals surface area (Å²) in [6, 6.07) is 14.4. The third-order valence-electron chi connectivity index (χ3n) is 3.49. The van der Waals surface area contributed by atoms with E-state index in [-0.39, 0.29) is 11.4 Å². The third-order valence-corrected chi connectivity index (χ3v) is 4.15. The van der Waals surface area contributed by atoms with Gasteiger partial charge in [0.25, 0.3) is 0 Å². The number of rotatable bonds is 3. The Labute approximate surface area is 142 Å². The number of Topliss-reactive ketones (excluding diaryl/α,β-unsaturated/α-hetero) is 1. The van der Waals surface area contributed by atoms with Crippen LogP contribution in [0.5, 0.6) is 0 Å². The Balaban J connectivity index is 2.10. The Bertz CT molecular complexity index is 960. The van der Waals surface area contributed by atoms with Gasteiger partial charge in [0.15, 0.2) is 0 Å². The molecule has 0 saturated carbocycles. The number of allylic oxidation sites excluding steroid dienone is 1. The van der Waals surface area contributed by atoms with E-state index in [1.165, 1.54) is 6.08 Å². The topological polar surface area (TPSA) is 56.6 Å². The summed E-state index contributed by atoms with van der Waals surface area (Å²) in [5.41, 5.74) is 1.71. The molecule has 23 heavy (non-hydrogen) atoms. The molecule has 0 amide bonds. The molecule has 1 aromatic heterocycles. The van der Waals surface area contributed by atoms with E-state index < -0.39 is 0 Å². The van der Waals surface area contributed by atoms with Crippen molar-refractivity contribution >= 4 is 46.0 Å². The van der Waals surface area contributed by atoms with Crippen LogP contribution in [0, 0.1) is 11.3 Å². The van der Waals surface area contributed by atoms with Gasteiger partial charge in [-0.1, -0.05) is 47.5 Å². The number of nitrogens with zero attached hydrogens (tertiary/aromatic N) is 1. The van der Waals surface area contributed by atoms with Crippen molar-refractivity contribution in [3.63, 3.8) is 0 Å². The largest absolute Gasteiger partial charge is 0.360 e. The monoisotopic (exact) mass is 340 g/mol. The number of nitrogens with one attached hydrogen (secondary N) is 1. The van der Waals surface area contributed by atoms with Gasteiger partial charge in [0.05, 0.1) is 0 Å². The number of fused-ring (bicyclic) bond motifs is 1. The van der Waals surface area contributed by atoms with Crippen molar-refractivity contribution in [3.8, 4) is 6.07 Å². The summed E-state index contributed by atoms with van der Waals surface area (Å²) in [5, 5.41) is 10.9. The molecule has 0 spiro atoms. The van der Waals surface area contributed by atoms with Crippen molar-refractivity contribution in [1.82, 2.24) is 4.98 Å². The Morgan fingerprint density at radius 1 is 1.09 bits per heavy atom. The summed E-state index contributed by atoms with van der Waals surface area (Å²) in [6.07, 6.45) is 3.03. The van der Waals surface area contributed by atoms with Crippen LogP contribution >= 0.6 is 23.2 Å². The fourth-order valence-corrected chi connectivity index (χ4v) is 2.85. The van der Waals surface area contributed by atoms with Gasteiger partial charge in [0, 0.05) is 38.3 Å². The Kier molecular flexibility index (Phi) is 4.20. The maximum Gasteiger partial charge on any atom is 0.205 e. The maximum atomic E-state index is 12.7. The molecule has 1 heterocycles. The van der Waals surface area contributed by atoms with Crippen molar-refractivity contribution in [2.45, 2.75) is 0 Å². The first-order chi connectivity index (χ1) is 11.1. The lowest BCUT2D eigenvalue weighted by molar-refractivity contribution is 0.104. The zero-order valence-electron chi connectivity index (χ0n) is 11.8. The molecule has 3 rings (SSSR count). The molecular weight excluding hydrogens is 331 g/mol. The first-order valence-electron chi connectivity index (χ1n) is 6.78. The van der Waals surface area contributed by atoms with Gasteiger partial charge in [-0.25, -0.2) is 0 Å². The molecule has 2 aromatic carbocycles. The van der Waals surface area contributed by atoms with Crippen LogP contribution in [0.2, 0.25) is 10.0 Å². The zero-order valence-corrected chi connectivity index (χ0v) is 13.3. The van der Waals surface area contributed by atoms with Crippen molar-refractivity contribution in [1.29, 1.82) is 5.26 Å². The minimum absolute atomic E-state index is 0.0234.